The number of likely N-dealkylation sites (N-methyl/N-ethyl adjacent to an activating group) is 1. The molecule has 2 N–H and O–H groups in total. The number of nitrogens with one attached hydrogen (secondary N) is 2. The maximum absolute atomic E-state index is 12.3. The molecule has 2 amide bonds. The number of amides is 2. The molecule has 0 saturated heterocycles. The summed E-state index contributed by atoms with van der Waals surface area (Å²) in [6, 6.07) is 7.10. The Balaban J connectivity index is 1.74. The SMILES string of the molecule is CN(C)CCNC(=O)C1CCC(C(=O)Nc2ccc(Cl)cc2)CC1. The summed E-state index contributed by atoms with van der Waals surface area (Å²) in [7, 11) is 3.97. The Labute approximate surface area is 148 Å². The van der Waals surface area contributed by atoms with Gasteiger partial charge in [-0.05, 0) is 64.0 Å². The number of anilines is 1. The predicted octanol–water partition coefficient (Wildman–Crippen LogP) is 2.76. The molecule has 1 aromatic carbocycles. The third-order valence-electron chi connectivity index (χ3n) is 4.44. The van der Waals surface area contributed by atoms with Crippen molar-refractivity contribution in [2.24, 2.45) is 11.8 Å². The van der Waals surface area contributed by atoms with Gasteiger partial charge in [-0.15, -0.1) is 0 Å². The summed E-state index contributed by atoms with van der Waals surface area (Å²) in [5, 5.41) is 6.55. The normalized spacial score (nSPS) is 20.7. The lowest BCUT2D eigenvalue weighted by molar-refractivity contribution is -0.128. The van der Waals surface area contributed by atoms with E-state index in [9.17, 15) is 9.59 Å². The van der Waals surface area contributed by atoms with Crippen molar-refractivity contribution in [3.63, 3.8) is 0 Å². The summed E-state index contributed by atoms with van der Waals surface area (Å²) in [5.74, 6) is 0.162. The van der Waals surface area contributed by atoms with Gasteiger partial charge in [0, 0.05) is 35.6 Å². The van der Waals surface area contributed by atoms with Crippen molar-refractivity contribution in [2.45, 2.75) is 25.7 Å². The first kappa shape index (κ1) is 18.7. The number of carbonyl (C=O) groups excluding carboxylic acids is 2. The van der Waals surface area contributed by atoms with Gasteiger partial charge in [-0.2, -0.15) is 0 Å². The standard InChI is InChI=1S/C18H26ClN3O2/c1-22(2)12-11-20-17(23)13-3-5-14(6-4-13)18(24)21-16-9-7-15(19)8-10-16/h7-10,13-14H,3-6,11-12H2,1-2H3,(H,20,23)(H,21,24). The minimum Gasteiger partial charge on any atom is -0.355 e. The van der Waals surface area contributed by atoms with Gasteiger partial charge in [-0.1, -0.05) is 11.6 Å². The molecule has 0 heterocycles. The largest absolute Gasteiger partial charge is 0.355 e. The van der Waals surface area contributed by atoms with Crippen LogP contribution in [0.25, 0.3) is 0 Å². The molecular weight excluding hydrogens is 326 g/mol. The molecule has 0 radical (unpaired) electrons. The minimum atomic E-state index is -0.0218. The zero-order chi connectivity index (χ0) is 17.5. The lowest BCUT2D eigenvalue weighted by Crippen LogP contribution is -2.38. The van der Waals surface area contributed by atoms with Crippen molar-refractivity contribution in [1.29, 1.82) is 0 Å². The van der Waals surface area contributed by atoms with Crippen molar-refractivity contribution < 1.29 is 9.59 Å². The Morgan fingerprint density at radius 1 is 1.04 bits per heavy atom. The fourth-order valence-electron chi connectivity index (χ4n) is 2.94. The molecule has 2 rings (SSSR count). The molecule has 0 aliphatic heterocycles. The van der Waals surface area contributed by atoms with Gasteiger partial charge in [0.1, 0.15) is 0 Å². The Morgan fingerprint density at radius 3 is 2.12 bits per heavy atom. The second-order valence-corrected chi connectivity index (χ2v) is 7.08. The highest BCUT2D eigenvalue weighted by Crippen LogP contribution is 2.30. The number of nitrogens with zero attached hydrogens (tertiary/aromatic N) is 1. The first-order chi connectivity index (χ1) is 11.5. The maximum atomic E-state index is 12.3. The lowest BCUT2D eigenvalue weighted by Gasteiger charge is -2.27. The summed E-state index contributed by atoms with van der Waals surface area (Å²) in [5.41, 5.74) is 0.757. The fraction of sp³-hybridized carbons (Fsp3) is 0.556. The van der Waals surface area contributed by atoms with E-state index >= 15 is 0 Å². The van der Waals surface area contributed by atoms with Crippen LogP contribution in [0.4, 0.5) is 5.69 Å². The zero-order valence-corrected chi connectivity index (χ0v) is 15.1. The van der Waals surface area contributed by atoms with Crippen molar-refractivity contribution in [3.8, 4) is 0 Å². The third kappa shape index (κ3) is 5.80. The topological polar surface area (TPSA) is 61.4 Å². The van der Waals surface area contributed by atoms with E-state index < -0.39 is 0 Å². The highest BCUT2D eigenvalue weighted by Gasteiger charge is 2.29. The molecule has 0 bridgehead atoms. The van der Waals surface area contributed by atoms with Crippen LogP contribution < -0.4 is 10.6 Å². The Bertz CT molecular complexity index is 552. The van der Waals surface area contributed by atoms with Gasteiger partial charge in [0.15, 0.2) is 0 Å². The summed E-state index contributed by atoms with van der Waals surface area (Å²) in [6.07, 6.45) is 3.05. The van der Waals surface area contributed by atoms with Gasteiger partial charge >= 0.3 is 0 Å². The maximum Gasteiger partial charge on any atom is 0.227 e. The van der Waals surface area contributed by atoms with Crippen LogP contribution in [0.15, 0.2) is 24.3 Å². The Morgan fingerprint density at radius 2 is 1.58 bits per heavy atom. The van der Waals surface area contributed by atoms with E-state index in [-0.39, 0.29) is 23.7 Å². The quantitative estimate of drug-likeness (QED) is 0.828. The number of carbonyl (C=O) groups is 2. The summed E-state index contributed by atoms with van der Waals surface area (Å²) < 4.78 is 0. The van der Waals surface area contributed by atoms with E-state index in [2.05, 4.69) is 10.6 Å². The van der Waals surface area contributed by atoms with E-state index in [0.29, 0.717) is 11.6 Å². The van der Waals surface area contributed by atoms with Crippen molar-refractivity contribution >= 4 is 29.1 Å². The zero-order valence-electron chi connectivity index (χ0n) is 14.3. The average Bonchev–Trinajstić information content (AvgIpc) is 2.56. The van der Waals surface area contributed by atoms with Crippen LogP contribution in [-0.4, -0.2) is 43.9 Å². The van der Waals surface area contributed by atoms with E-state index in [1.807, 2.05) is 19.0 Å². The molecule has 0 atom stereocenters. The summed E-state index contributed by atoms with van der Waals surface area (Å²) >= 11 is 5.84. The van der Waals surface area contributed by atoms with Crippen LogP contribution in [0.3, 0.4) is 0 Å². The molecule has 1 fully saturated rings. The van der Waals surface area contributed by atoms with Crippen LogP contribution in [0.1, 0.15) is 25.7 Å². The molecule has 0 unspecified atom stereocenters. The number of hydrogen-bond donors (Lipinski definition) is 2. The summed E-state index contributed by atoms with van der Waals surface area (Å²) in [6.45, 7) is 1.51. The number of hydrogen-bond acceptors (Lipinski definition) is 3. The van der Waals surface area contributed by atoms with Crippen LogP contribution in [-0.2, 0) is 9.59 Å². The molecule has 5 nitrogen and oxygen atoms in total. The fourth-order valence-corrected chi connectivity index (χ4v) is 3.07. The highest BCUT2D eigenvalue weighted by atomic mass is 35.5. The van der Waals surface area contributed by atoms with Crippen LogP contribution in [0, 0.1) is 11.8 Å². The number of halogens is 1. The van der Waals surface area contributed by atoms with Crippen molar-refractivity contribution in [2.75, 3.05) is 32.5 Å². The molecule has 6 heteroatoms. The number of rotatable bonds is 6. The first-order valence-corrected chi connectivity index (χ1v) is 8.82. The third-order valence-corrected chi connectivity index (χ3v) is 4.69. The van der Waals surface area contributed by atoms with Crippen molar-refractivity contribution in [3.05, 3.63) is 29.3 Å². The second-order valence-electron chi connectivity index (χ2n) is 6.64. The van der Waals surface area contributed by atoms with Crippen LogP contribution >= 0.6 is 11.6 Å². The lowest BCUT2D eigenvalue weighted by atomic mass is 9.81. The van der Waals surface area contributed by atoms with Gasteiger partial charge in [-0.3, -0.25) is 9.59 Å². The average molecular weight is 352 g/mol. The predicted molar refractivity (Wildman–Crippen MR) is 97.1 cm³/mol. The first-order valence-electron chi connectivity index (χ1n) is 8.44. The smallest absolute Gasteiger partial charge is 0.227 e. The molecule has 1 aliphatic rings. The van der Waals surface area contributed by atoms with Crippen LogP contribution in [0.5, 0.6) is 0 Å². The van der Waals surface area contributed by atoms with Gasteiger partial charge in [0.25, 0.3) is 0 Å². The molecule has 1 saturated carbocycles. The Hall–Kier alpha value is -1.59. The molecule has 132 valence electrons. The van der Waals surface area contributed by atoms with E-state index in [4.69, 9.17) is 11.6 Å². The molecule has 24 heavy (non-hydrogen) atoms. The Kier molecular flexibility index (Phi) is 7.06. The second kappa shape index (κ2) is 9.04. The van der Waals surface area contributed by atoms with Gasteiger partial charge in [0.2, 0.25) is 11.8 Å². The van der Waals surface area contributed by atoms with E-state index in [1.165, 1.54) is 0 Å². The van der Waals surface area contributed by atoms with Crippen LogP contribution in [0.2, 0.25) is 5.02 Å². The minimum absolute atomic E-state index is 0.0218. The summed E-state index contributed by atoms with van der Waals surface area (Å²) in [4.78, 5) is 26.5. The monoisotopic (exact) mass is 351 g/mol. The highest BCUT2D eigenvalue weighted by molar-refractivity contribution is 6.30. The molecule has 1 aliphatic carbocycles. The van der Waals surface area contributed by atoms with Gasteiger partial charge < -0.3 is 15.5 Å². The number of benzene rings is 1. The molecular formula is C18H26ClN3O2. The molecule has 0 aromatic heterocycles. The molecule has 1 aromatic rings. The van der Waals surface area contributed by atoms with Gasteiger partial charge in [0.05, 0.1) is 0 Å². The van der Waals surface area contributed by atoms with E-state index in [0.717, 1.165) is 37.9 Å². The van der Waals surface area contributed by atoms with E-state index in [1.54, 1.807) is 24.3 Å². The van der Waals surface area contributed by atoms with Gasteiger partial charge in [-0.25, -0.2) is 0 Å². The molecule has 0 spiro atoms. The van der Waals surface area contributed by atoms with Crippen molar-refractivity contribution in [1.82, 2.24) is 10.2 Å².